The maximum absolute atomic E-state index is 12.3. The first-order chi connectivity index (χ1) is 14.7. The van der Waals surface area contributed by atoms with E-state index in [1.54, 1.807) is 48.0 Å². The summed E-state index contributed by atoms with van der Waals surface area (Å²) in [5, 5.41) is 6.20. The number of thiophene rings is 1. The Balaban J connectivity index is 1.42. The van der Waals surface area contributed by atoms with Gasteiger partial charge in [-0.2, -0.15) is 0 Å². The molecule has 0 saturated carbocycles. The number of carbonyl (C=O) groups is 1. The second-order valence-electron chi connectivity index (χ2n) is 6.11. The van der Waals surface area contributed by atoms with Crippen LogP contribution >= 0.6 is 34.7 Å². The molecule has 0 aliphatic heterocycles. The summed E-state index contributed by atoms with van der Waals surface area (Å²) in [5.41, 5.74) is 0.564. The molecule has 2 aromatic heterocycles. The van der Waals surface area contributed by atoms with E-state index in [2.05, 4.69) is 15.3 Å². The van der Waals surface area contributed by atoms with Crippen LogP contribution in [0.25, 0.3) is 0 Å². The minimum Gasteiger partial charge on any atom is -0.437 e. The Kier molecular flexibility index (Phi) is 6.63. The first-order valence-corrected chi connectivity index (χ1v) is 11.1. The molecular weight excluding hydrogens is 438 g/mol. The summed E-state index contributed by atoms with van der Waals surface area (Å²) in [6.45, 7) is 0.514. The van der Waals surface area contributed by atoms with Gasteiger partial charge in [0.15, 0.2) is 5.03 Å². The fourth-order valence-electron chi connectivity index (χ4n) is 2.54. The SMILES string of the molecule is O=C(NCc1cccs1)c1ccc(Oc2nccnc2Sc2ccc(Cl)cc2)cc1. The molecule has 5 nitrogen and oxygen atoms in total. The van der Waals surface area contributed by atoms with Crippen molar-refractivity contribution in [3.05, 3.63) is 93.9 Å². The third-order valence-corrected chi connectivity index (χ3v) is 6.11. The average Bonchev–Trinajstić information content (AvgIpc) is 3.29. The summed E-state index contributed by atoms with van der Waals surface area (Å²) in [7, 11) is 0. The molecule has 4 aromatic rings. The highest BCUT2D eigenvalue weighted by Gasteiger charge is 2.11. The Bertz CT molecular complexity index is 1120. The maximum atomic E-state index is 12.3. The highest BCUT2D eigenvalue weighted by Crippen LogP contribution is 2.34. The van der Waals surface area contributed by atoms with Crippen molar-refractivity contribution < 1.29 is 9.53 Å². The fraction of sp³-hybridized carbons (Fsp3) is 0.0455. The van der Waals surface area contributed by atoms with Crippen LogP contribution in [0, 0.1) is 0 Å². The summed E-state index contributed by atoms with van der Waals surface area (Å²) in [5.74, 6) is 0.837. The van der Waals surface area contributed by atoms with Crippen molar-refractivity contribution in [3.8, 4) is 11.6 Å². The average molecular weight is 454 g/mol. The van der Waals surface area contributed by atoms with Gasteiger partial charge in [0, 0.05) is 32.8 Å². The molecule has 2 aromatic carbocycles. The second-order valence-corrected chi connectivity index (χ2v) is 8.64. The molecule has 0 radical (unpaired) electrons. The van der Waals surface area contributed by atoms with Crippen LogP contribution in [0.15, 0.2) is 88.4 Å². The molecule has 150 valence electrons. The lowest BCUT2D eigenvalue weighted by Gasteiger charge is -2.09. The van der Waals surface area contributed by atoms with Gasteiger partial charge in [-0.1, -0.05) is 29.4 Å². The number of carbonyl (C=O) groups excluding carboxylic acids is 1. The lowest BCUT2D eigenvalue weighted by Crippen LogP contribution is -2.22. The van der Waals surface area contributed by atoms with Gasteiger partial charge in [0.1, 0.15) is 5.75 Å². The van der Waals surface area contributed by atoms with Crippen LogP contribution in [0.5, 0.6) is 11.6 Å². The Hall–Kier alpha value is -2.87. The van der Waals surface area contributed by atoms with E-state index in [-0.39, 0.29) is 5.91 Å². The summed E-state index contributed by atoms with van der Waals surface area (Å²) < 4.78 is 5.91. The zero-order chi connectivity index (χ0) is 20.8. The fourth-order valence-corrected chi connectivity index (χ4v) is 4.10. The largest absolute Gasteiger partial charge is 0.437 e. The molecule has 0 spiro atoms. The van der Waals surface area contributed by atoms with Crippen molar-refractivity contribution in [2.24, 2.45) is 0 Å². The molecule has 1 amide bonds. The van der Waals surface area contributed by atoms with Gasteiger partial charge >= 0.3 is 0 Å². The highest BCUT2D eigenvalue weighted by atomic mass is 35.5. The van der Waals surface area contributed by atoms with Crippen LogP contribution < -0.4 is 10.1 Å². The highest BCUT2D eigenvalue weighted by molar-refractivity contribution is 7.99. The van der Waals surface area contributed by atoms with Crippen molar-refractivity contribution in [1.29, 1.82) is 0 Å². The van der Waals surface area contributed by atoms with E-state index >= 15 is 0 Å². The van der Waals surface area contributed by atoms with Gasteiger partial charge in [0.05, 0.1) is 6.54 Å². The number of halogens is 1. The lowest BCUT2D eigenvalue weighted by atomic mass is 10.2. The zero-order valence-corrected chi connectivity index (χ0v) is 18.0. The van der Waals surface area contributed by atoms with Gasteiger partial charge in [0.25, 0.3) is 11.8 Å². The zero-order valence-electron chi connectivity index (χ0n) is 15.6. The first kappa shape index (κ1) is 20.4. The van der Waals surface area contributed by atoms with Crippen LogP contribution in [0.1, 0.15) is 15.2 Å². The van der Waals surface area contributed by atoms with Gasteiger partial charge in [0.2, 0.25) is 0 Å². The standard InChI is InChI=1S/C22H16ClN3O2S2/c23-16-5-9-18(10-6-16)30-22-21(24-11-12-25-22)28-17-7-3-15(4-8-17)20(27)26-14-19-2-1-13-29-19/h1-13H,14H2,(H,26,27). The summed E-state index contributed by atoms with van der Waals surface area (Å²) >= 11 is 8.99. The van der Waals surface area contributed by atoms with Crippen LogP contribution in [-0.4, -0.2) is 15.9 Å². The van der Waals surface area contributed by atoms with Crippen molar-refractivity contribution in [1.82, 2.24) is 15.3 Å². The minimum atomic E-state index is -0.131. The van der Waals surface area contributed by atoms with E-state index in [1.165, 1.54) is 11.8 Å². The third kappa shape index (κ3) is 5.38. The van der Waals surface area contributed by atoms with E-state index in [0.717, 1.165) is 9.77 Å². The number of hydrogen-bond donors (Lipinski definition) is 1. The molecule has 0 bridgehead atoms. The van der Waals surface area contributed by atoms with Crippen molar-refractivity contribution in [2.45, 2.75) is 16.5 Å². The van der Waals surface area contributed by atoms with Gasteiger partial charge < -0.3 is 10.1 Å². The summed E-state index contributed by atoms with van der Waals surface area (Å²) in [6.07, 6.45) is 3.19. The molecule has 0 aliphatic carbocycles. The van der Waals surface area contributed by atoms with Crippen LogP contribution in [0.3, 0.4) is 0 Å². The first-order valence-electron chi connectivity index (χ1n) is 9.00. The Morgan fingerprint density at radius 2 is 1.80 bits per heavy atom. The van der Waals surface area contributed by atoms with Gasteiger partial charge in [-0.25, -0.2) is 9.97 Å². The number of nitrogens with one attached hydrogen (secondary N) is 1. The normalized spacial score (nSPS) is 10.6. The monoisotopic (exact) mass is 453 g/mol. The van der Waals surface area contributed by atoms with Gasteiger partial charge in [-0.05, 0) is 60.0 Å². The molecule has 2 heterocycles. The number of amides is 1. The molecule has 0 aliphatic rings. The molecule has 0 atom stereocenters. The number of ether oxygens (including phenoxy) is 1. The molecule has 1 N–H and O–H groups in total. The maximum Gasteiger partial charge on any atom is 0.252 e. The molecule has 4 rings (SSSR count). The van der Waals surface area contributed by atoms with Crippen molar-refractivity contribution in [3.63, 3.8) is 0 Å². The van der Waals surface area contributed by atoms with E-state index in [4.69, 9.17) is 16.3 Å². The van der Waals surface area contributed by atoms with Crippen LogP contribution in [0.4, 0.5) is 0 Å². The van der Waals surface area contributed by atoms with E-state index in [0.29, 0.717) is 33.8 Å². The Morgan fingerprint density at radius 3 is 2.53 bits per heavy atom. The summed E-state index contributed by atoms with van der Waals surface area (Å²) in [4.78, 5) is 23.1. The second kappa shape index (κ2) is 9.75. The van der Waals surface area contributed by atoms with E-state index in [9.17, 15) is 4.79 Å². The quantitative estimate of drug-likeness (QED) is 0.368. The molecule has 0 saturated heterocycles. The number of nitrogens with zero attached hydrogens (tertiary/aromatic N) is 2. The van der Waals surface area contributed by atoms with E-state index < -0.39 is 0 Å². The number of rotatable bonds is 7. The number of aromatic nitrogens is 2. The van der Waals surface area contributed by atoms with Crippen LogP contribution in [-0.2, 0) is 6.54 Å². The Labute approximate surface area is 187 Å². The Morgan fingerprint density at radius 1 is 1.03 bits per heavy atom. The predicted octanol–water partition coefficient (Wildman–Crippen LogP) is 6.07. The lowest BCUT2D eigenvalue weighted by molar-refractivity contribution is 0.0951. The third-order valence-electron chi connectivity index (χ3n) is 4.00. The topological polar surface area (TPSA) is 64.1 Å². The predicted molar refractivity (Wildman–Crippen MR) is 120 cm³/mol. The molecule has 30 heavy (non-hydrogen) atoms. The molecule has 8 heteroatoms. The smallest absolute Gasteiger partial charge is 0.252 e. The van der Waals surface area contributed by atoms with Crippen LogP contribution in [0.2, 0.25) is 5.02 Å². The molecular formula is C22H16ClN3O2S2. The van der Waals surface area contributed by atoms with Gasteiger partial charge in [-0.15, -0.1) is 11.3 Å². The molecule has 0 unspecified atom stereocenters. The van der Waals surface area contributed by atoms with Crippen molar-refractivity contribution >= 4 is 40.6 Å². The van der Waals surface area contributed by atoms with Gasteiger partial charge in [-0.3, -0.25) is 4.79 Å². The summed E-state index contributed by atoms with van der Waals surface area (Å²) in [6, 6.07) is 18.3. The minimum absolute atomic E-state index is 0.131. The molecule has 0 fully saturated rings. The number of benzene rings is 2. The van der Waals surface area contributed by atoms with E-state index in [1.807, 2.05) is 41.8 Å². The van der Waals surface area contributed by atoms with Crippen molar-refractivity contribution in [2.75, 3.05) is 0 Å². The number of hydrogen-bond acceptors (Lipinski definition) is 6.